The van der Waals surface area contributed by atoms with E-state index in [1.54, 1.807) is 14.0 Å². The number of carbonyl (C=O) groups is 9. The number of furan rings is 3. The number of benzene rings is 1. The summed E-state index contributed by atoms with van der Waals surface area (Å²) < 4.78 is 37.0. The Labute approximate surface area is 480 Å². The molecule has 0 saturated heterocycles. The summed E-state index contributed by atoms with van der Waals surface area (Å²) >= 11 is 0. The lowest BCUT2D eigenvalue weighted by Crippen LogP contribution is -2.53. The first-order chi connectivity index (χ1) is 39.3. The van der Waals surface area contributed by atoms with Crippen molar-refractivity contribution in [3.05, 3.63) is 97.1 Å². The number of hydrogen-bond acceptors (Lipinski definition) is 18. The van der Waals surface area contributed by atoms with E-state index < -0.39 is 57.2 Å². The molecule has 83 heavy (non-hydrogen) atoms. The lowest BCUT2D eigenvalue weighted by molar-refractivity contribution is -0.127. The number of rotatable bonds is 9. The molecule has 3 fully saturated rings. The number of ketones is 5. The molecule has 8 aliphatic carbocycles. The van der Waals surface area contributed by atoms with Crippen LogP contribution in [0.1, 0.15) is 194 Å². The number of aliphatic hydroxyl groups excluding tert-OH is 1. The highest BCUT2D eigenvalue weighted by molar-refractivity contribution is 6.15. The van der Waals surface area contributed by atoms with Gasteiger partial charge in [-0.15, -0.1) is 0 Å². The minimum atomic E-state index is -1.21. The summed E-state index contributed by atoms with van der Waals surface area (Å²) in [5.74, 6) is -2.77. The van der Waals surface area contributed by atoms with Gasteiger partial charge < -0.3 is 57.4 Å². The van der Waals surface area contributed by atoms with E-state index >= 15 is 0 Å². The summed E-state index contributed by atoms with van der Waals surface area (Å²) in [6.45, 7) is 11.9. The lowest BCUT2D eigenvalue weighted by Gasteiger charge is -2.49. The number of aldehydes is 1. The Kier molecular flexibility index (Phi) is 15.1. The fourth-order valence-electron chi connectivity index (χ4n) is 16.2. The molecular weight excluding hydrogens is 1080 g/mol. The van der Waals surface area contributed by atoms with Crippen molar-refractivity contribution in [2.75, 3.05) is 41.2 Å². The van der Waals surface area contributed by atoms with Crippen molar-refractivity contribution in [2.24, 2.45) is 28.1 Å². The van der Waals surface area contributed by atoms with E-state index in [2.05, 4.69) is 4.74 Å². The topological polar surface area (TPSA) is 311 Å². The minimum Gasteiger partial charge on any atom is -0.504 e. The average molecular weight is 1150 g/mol. The van der Waals surface area contributed by atoms with E-state index in [-0.39, 0.29) is 109 Å². The molecule has 0 spiro atoms. The van der Waals surface area contributed by atoms with E-state index in [0.717, 1.165) is 46.9 Å². The minimum absolute atomic E-state index is 0. The number of allylic oxidation sites excluding steroid dienone is 2. The van der Waals surface area contributed by atoms with Gasteiger partial charge in [-0.3, -0.25) is 24.0 Å². The van der Waals surface area contributed by atoms with Crippen molar-refractivity contribution in [1.29, 1.82) is 0 Å². The van der Waals surface area contributed by atoms with Crippen molar-refractivity contribution in [3.63, 3.8) is 0 Å². The van der Waals surface area contributed by atoms with Gasteiger partial charge in [0.1, 0.15) is 71.8 Å². The third-order valence-corrected chi connectivity index (χ3v) is 20.9. The van der Waals surface area contributed by atoms with Gasteiger partial charge in [0.15, 0.2) is 22.9 Å². The molecule has 20 heteroatoms. The zero-order valence-corrected chi connectivity index (χ0v) is 48.1. The predicted octanol–water partition coefficient (Wildman–Crippen LogP) is 9.38. The molecule has 6 unspecified atom stereocenters. The van der Waals surface area contributed by atoms with Crippen molar-refractivity contribution < 1.29 is 98.6 Å². The molecule has 4 heterocycles. The second-order valence-electron chi connectivity index (χ2n) is 24.6. The number of aromatic hydroxyl groups is 1. The highest BCUT2D eigenvalue weighted by Crippen LogP contribution is 2.63. The second-order valence-corrected chi connectivity index (χ2v) is 24.6. The number of aromatic carboxylic acids is 2. The fourth-order valence-corrected chi connectivity index (χ4v) is 16.2. The summed E-state index contributed by atoms with van der Waals surface area (Å²) in [7, 11) is 4.51. The quantitative estimate of drug-likeness (QED) is 0.0895. The number of methoxy groups -OCH3 is 3. The Balaban J connectivity index is 0.000000158. The summed E-state index contributed by atoms with van der Waals surface area (Å²) in [5.41, 5.74) is 3.61. The molecule has 20 nitrogen and oxygen atoms in total. The Morgan fingerprint density at radius 2 is 1.20 bits per heavy atom. The van der Waals surface area contributed by atoms with Gasteiger partial charge in [0, 0.05) is 116 Å². The van der Waals surface area contributed by atoms with Gasteiger partial charge in [0.2, 0.25) is 11.6 Å². The van der Waals surface area contributed by atoms with Crippen LogP contribution in [0, 0.1) is 35.0 Å². The Bertz CT molecular complexity index is 3560. The molecule has 10 atom stereocenters. The molecule has 446 valence electrons. The predicted molar refractivity (Wildman–Crippen MR) is 296 cm³/mol. The first-order valence-corrected chi connectivity index (χ1v) is 28.2. The van der Waals surface area contributed by atoms with Gasteiger partial charge >= 0.3 is 17.9 Å². The number of Topliss-reactive ketones (excluding diaryl/α,β-unsaturated/α-hetero) is 5. The summed E-state index contributed by atoms with van der Waals surface area (Å²) in [6, 6.07) is 0. The zero-order chi connectivity index (χ0) is 60.2. The van der Waals surface area contributed by atoms with Crippen LogP contribution >= 0.6 is 0 Å². The maximum atomic E-state index is 13.4. The van der Waals surface area contributed by atoms with Crippen LogP contribution in [0.5, 0.6) is 5.75 Å². The smallest absolute Gasteiger partial charge is 0.342 e. The maximum Gasteiger partial charge on any atom is 0.342 e. The summed E-state index contributed by atoms with van der Waals surface area (Å²) in [4.78, 5) is 109. The number of cyclic esters (lactones) is 1. The molecule has 1 aromatic carbocycles. The zero-order valence-electron chi connectivity index (χ0n) is 48.1. The van der Waals surface area contributed by atoms with Gasteiger partial charge in [-0.2, -0.15) is 0 Å². The van der Waals surface area contributed by atoms with Crippen LogP contribution in [0.4, 0.5) is 0 Å². The molecule has 9 aliphatic rings. The number of phenols is 1. The number of carbonyl (C=O) groups excluding carboxylic acids is 7. The Hall–Kier alpha value is -7.13. The second kappa shape index (κ2) is 21.2. The van der Waals surface area contributed by atoms with Crippen LogP contribution < -0.4 is 0 Å². The van der Waals surface area contributed by atoms with Crippen LogP contribution in [-0.4, -0.2) is 127 Å². The highest BCUT2D eigenvalue weighted by atomic mass is 16.6. The van der Waals surface area contributed by atoms with Gasteiger partial charge in [0.05, 0.1) is 24.7 Å². The van der Waals surface area contributed by atoms with Gasteiger partial charge in [-0.05, 0) is 101 Å². The average Bonchev–Trinajstić information content (AvgIpc) is 2.33. The molecule has 13 rings (SSSR count). The van der Waals surface area contributed by atoms with Crippen LogP contribution in [0.2, 0.25) is 0 Å². The number of esters is 1. The van der Waals surface area contributed by atoms with Crippen LogP contribution in [0.3, 0.4) is 0 Å². The van der Waals surface area contributed by atoms with E-state index in [1.807, 2.05) is 34.6 Å². The van der Waals surface area contributed by atoms with Gasteiger partial charge in [0.25, 0.3) is 0 Å². The fraction of sp³-hybridized carbons (Fsp3) is 0.540. The van der Waals surface area contributed by atoms with Crippen molar-refractivity contribution >= 4 is 64.1 Å². The van der Waals surface area contributed by atoms with Gasteiger partial charge in [-0.1, -0.05) is 20.8 Å². The van der Waals surface area contributed by atoms with Gasteiger partial charge in [-0.25, -0.2) is 14.4 Å². The molecular formula is C63H74O20. The largest absolute Gasteiger partial charge is 0.504 e. The van der Waals surface area contributed by atoms with E-state index in [9.17, 15) is 63.6 Å². The third-order valence-electron chi connectivity index (χ3n) is 20.9. The molecule has 3 saturated carbocycles. The molecule has 0 radical (unpaired) electrons. The van der Waals surface area contributed by atoms with E-state index in [1.165, 1.54) is 26.7 Å². The van der Waals surface area contributed by atoms with Crippen LogP contribution in [0.15, 0.2) is 54.3 Å². The first kappa shape index (κ1) is 59.0. The molecule has 0 bridgehead atoms. The summed E-state index contributed by atoms with van der Waals surface area (Å²) in [5, 5.41) is 41.2. The number of carboxylic acid groups (broad SMARTS) is 2. The molecule has 4 N–H and O–H groups in total. The Morgan fingerprint density at radius 3 is 1.75 bits per heavy atom. The number of aryl methyl sites for hydroxylation is 1. The normalized spacial score (nSPS) is 30.9. The third kappa shape index (κ3) is 8.45. The maximum absolute atomic E-state index is 13.4. The number of fused-ring (bicyclic) bond motifs is 10. The molecule has 4 aromatic rings. The van der Waals surface area contributed by atoms with Crippen LogP contribution in [0.25, 0.3) is 11.0 Å². The summed E-state index contributed by atoms with van der Waals surface area (Å²) in [6.07, 6.45) is 9.97. The number of aliphatic hydroxyl groups is 1. The Morgan fingerprint density at radius 1 is 0.687 bits per heavy atom. The number of hydrogen-bond donors (Lipinski definition) is 4. The first-order valence-electron chi connectivity index (χ1n) is 28.2. The molecule has 3 aromatic heterocycles. The monoisotopic (exact) mass is 1150 g/mol. The number of ether oxygens (including phenoxy) is 4. The number of phenolic OH excluding ortho intramolecular Hbond substituents is 1. The SMILES string of the molecule is COCC(O)C1(C)C2=C(C(=O)c3occ(C(=O)O)c31)[C@@H]1CCC(=O)C1(C)CC2.COCC=O.COC[C@H]1OC(=O)c2coc3c2C1(C)C1=C(C3=O)[C@@H]2CCC(=O)C2(C)CC1.Cc1c2c(c(O)c3occ(C(=O)O)c13)[C@@H]1CCC(=O)C1(C)CC2.[2HH].[2HH]. The van der Waals surface area contributed by atoms with Crippen molar-refractivity contribution in [1.82, 2.24) is 0 Å². The van der Waals surface area contributed by atoms with Crippen LogP contribution in [-0.2, 0) is 55.4 Å². The lowest BCUT2D eigenvalue weighted by atomic mass is 9.55. The number of carboxylic acids is 2. The van der Waals surface area contributed by atoms with Crippen molar-refractivity contribution in [3.8, 4) is 5.75 Å². The van der Waals surface area contributed by atoms with E-state index in [0.29, 0.717) is 98.2 Å². The standard InChI is InChI=1S/C21H24O7.C21H22O6.C18H18O5.C3H6O2.2H2/c1-20-7-6-12-15(11(20)4-5-13(20)22)17(24)18-16(10(8-28-18)19(25)26)21(12,2)14(23)9-27-3;1-20-7-6-12-15(11(20)4-5-13(20)22)17(23)18-16-10(8-26-18)19(24)27-14(9-25-3)21(12,16)2;1-8-9-5-6-18(2)11(3-4-12(18)19)14(9)15(20)16-13(8)10(7-23-16)17(21)22;1-5-3-2-4;;/h8,11,14,23H,4-7,9H2,1-3H3,(H,25,26);8,11,14H,4-7,9H2,1-3H3;7,11,20H,3-6H2,1-2H3,(H,21,22);2H,3H2,1H3;2*1H/t11-,14?,20?,21?;11-,14+,20?,21?;11-,18?;;;/m000.../s1/i;;;;2*1+1. The van der Waals surface area contributed by atoms with E-state index in [4.69, 9.17) is 27.5 Å². The van der Waals surface area contributed by atoms with Crippen molar-refractivity contribution in [2.45, 2.75) is 148 Å². The molecule has 1 aliphatic heterocycles. The molecule has 0 amide bonds. The highest BCUT2D eigenvalue weighted by Gasteiger charge is 2.63.